The fourth-order valence-electron chi connectivity index (χ4n) is 3.15. The van der Waals surface area contributed by atoms with Crippen molar-refractivity contribution in [1.82, 2.24) is 19.4 Å². The quantitative estimate of drug-likeness (QED) is 0.743. The molecular formula is C17H24N4O4S. The number of benzene rings is 1. The number of nitrogens with zero attached hydrogens (tertiary/aromatic N) is 3. The largest absolute Gasteiger partial charge is 0.354 e. The first-order chi connectivity index (χ1) is 12.4. The van der Waals surface area contributed by atoms with E-state index in [0.29, 0.717) is 26.2 Å². The molecule has 0 bridgehead atoms. The zero-order valence-electron chi connectivity index (χ0n) is 14.8. The molecule has 9 heteroatoms. The number of aryl methyl sites for hydroxylation is 1. The van der Waals surface area contributed by atoms with Crippen molar-refractivity contribution in [2.24, 2.45) is 0 Å². The first kappa shape index (κ1) is 18.8. The zero-order valence-corrected chi connectivity index (χ0v) is 15.7. The van der Waals surface area contributed by atoms with Gasteiger partial charge in [0.2, 0.25) is 21.8 Å². The molecule has 0 atom stereocenters. The third-order valence-electron chi connectivity index (χ3n) is 4.73. The Balaban J connectivity index is 1.55. The summed E-state index contributed by atoms with van der Waals surface area (Å²) in [7, 11) is -3.53. The Morgan fingerprint density at radius 1 is 1.08 bits per heavy atom. The lowest BCUT2D eigenvalue weighted by Gasteiger charge is -2.35. The monoisotopic (exact) mass is 380 g/mol. The van der Waals surface area contributed by atoms with Gasteiger partial charge in [-0.05, 0) is 19.1 Å². The second kappa shape index (κ2) is 7.73. The van der Waals surface area contributed by atoms with E-state index >= 15 is 0 Å². The van der Waals surface area contributed by atoms with Crippen LogP contribution in [0.25, 0.3) is 0 Å². The Bertz CT molecular complexity index is 770. The van der Waals surface area contributed by atoms with Gasteiger partial charge in [0.25, 0.3) is 0 Å². The number of rotatable bonds is 4. The molecule has 1 N–H and O–H groups in total. The summed E-state index contributed by atoms with van der Waals surface area (Å²) in [6, 6.07) is 6.79. The molecule has 8 nitrogen and oxygen atoms in total. The van der Waals surface area contributed by atoms with E-state index in [4.69, 9.17) is 0 Å². The van der Waals surface area contributed by atoms with Crippen molar-refractivity contribution in [2.75, 3.05) is 52.4 Å². The molecule has 1 aromatic rings. The van der Waals surface area contributed by atoms with E-state index in [1.54, 1.807) is 29.2 Å². The van der Waals surface area contributed by atoms with E-state index < -0.39 is 10.0 Å². The van der Waals surface area contributed by atoms with Gasteiger partial charge in [-0.1, -0.05) is 17.7 Å². The van der Waals surface area contributed by atoms with Gasteiger partial charge in [-0.15, -0.1) is 0 Å². The molecule has 2 amide bonds. The van der Waals surface area contributed by atoms with Crippen molar-refractivity contribution in [3.63, 3.8) is 0 Å². The van der Waals surface area contributed by atoms with Crippen LogP contribution >= 0.6 is 0 Å². The van der Waals surface area contributed by atoms with Gasteiger partial charge in [-0.3, -0.25) is 14.5 Å². The van der Waals surface area contributed by atoms with Gasteiger partial charge in [0.05, 0.1) is 18.0 Å². The molecule has 2 fully saturated rings. The van der Waals surface area contributed by atoms with Crippen LogP contribution in [-0.2, 0) is 19.6 Å². The first-order valence-electron chi connectivity index (χ1n) is 8.70. The molecule has 0 unspecified atom stereocenters. The van der Waals surface area contributed by atoms with E-state index in [1.165, 1.54) is 4.31 Å². The Labute approximate surface area is 153 Å². The summed E-state index contributed by atoms with van der Waals surface area (Å²) < 4.78 is 26.8. The molecule has 1 aromatic carbocycles. The summed E-state index contributed by atoms with van der Waals surface area (Å²) in [5.41, 5.74) is 1.01. The standard InChI is InChI=1S/C17H24N4O4S/c1-14-2-4-15(5-3-14)26(24,25)21-10-8-20(9-11-21)17(23)13-19-7-6-18-16(22)12-19/h2-5H,6-13H2,1H3,(H,18,22). The molecule has 2 aliphatic heterocycles. The van der Waals surface area contributed by atoms with Crippen molar-refractivity contribution in [2.45, 2.75) is 11.8 Å². The molecule has 0 aromatic heterocycles. The van der Waals surface area contributed by atoms with E-state index in [2.05, 4.69) is 5.32 Å². The SMILES string of the molecule is Cc1ccc(S(=O)(=O)N2CCN(C(=O)CN3CCNC(=O)C3)CC2)cc1. The van der Waals surface area contributed by atoms with Crippen molar-refractivity contribution < 1.29 is 18.0 Å². The lowest BCUT2D eigenvalue weighted by Crippen LogP contribution is -2.55. The van der Waals surface area contributed by atoms with Gasteiger partial charge in [-0.2, -0.15) is 4.31 Å². The van der Waals surface area contributed by atoms with Gasteiger partial charge < -0.3 is 10.2 Å². The van der Waals surface area contributed by atoms with Gasteiger partial charge in [0.1, 0.15) is 0 Å². The molecule has 2 saturated heterocycles. The number of carbonyl (C=O) groups is 2. The highest BCUT2D eigenvalue weighted by atomic mass is 32.2. The lowest BCUT2D eigenvalue weighted by atomic mass is 10.2. The van der Waals surface area contributed by atoms with Crippen LogP contribution < -0.4 is 5.32 Å². The number of hydrogen-bond donors (Lipinski definition) is 1. The summed E-state index contributed by atoms with van der Waals surface area (Å²) in [6.45, 7) is 4.82. The predicted molar refractivity (Wildman–Crippen MR) is 96.0 cm³/mol. The average Bonchev–Trinajstić information content (AvgIpc) is 2.62. The van der Waals surface area contributed by atoms with Crippen LogP contribution in [0, 0.1) is 6.92 Å². The van der Waals surface area contributed by atoms with E-state index in [-0.39, 0.29) is 42.9 Å². The maximum absolute atomic E-state index is 12.7. The fourth-order valence-corrected chi connectivity index (χ4v) is 4.58. The number of nitrogens with one attached hydrogen (secondary N) is 1. The van der Waals surface area contributed by atoms with Gasteiger partial charge in [0, 0.05) is 39.3 Å². The third-order valence-corrected chi connectivity index (χ3v) is 6.64. The number of sulfonamides is 1. The van der Waals surface area contributed by atoms with Crippen LogP contribution in [0.4, 0.5) is 0 Å². The predicted octanol–water partition coefficient (Wildman–Crippen LogP) is -0.740. The van der Waals surface area contributed by atoms with Gasteiger partial charge >= 0.3 is 0 Å². The Hall–Kier alpha value is -1.97. The highest BCUT2D eigenvalue weighted by molar-refractivity contribution is 7.89. The maximum Gasteiger partial charge on any atom is 0.243 e. The summed E-state index contributed by atoms with van der Waals surface area (Å²) in [4.78, 5) is 27.6. The van der Waals surface area contributed by atoms with Crippen LogP contribution in [0.3, 0.4) is 0 Å². The summed E-state index contributed by atoms with van der Waals surface area (Å²) in [5, 5.41) is 2.73. The number of piperazine rings is 2. The van der Waals surface area contributed by atoms with Gasteiger partial charge in [0.15, 0.2) is 0 Å². The zero-order chi connectivity index (χ0) is 18.7. The molecule has 26 heavy (non-hydrogen) atoms. The van der Waals surface area contributed by atoms with Crippen LogP contribution in [-0.4, -0.2) is 86.7 Å². The second-order valence-corrected chi connectivity index (χ2v) is 8.60. The van der Waals surface area contributed by atoms with Crippen LogP contribution in [0.2, 0.25) is 0 Å². The lowest BCUT2D eigenvalue weighted by molar-refractivity contribution is -0.135. The fraction of sp³-hybridized carbons (Fsp3) is 0.529. The van der Waals surface area contributed by atoms with Gasteiger partial charge in [-0.25, -0.2) is 8.42 Å². The summed E-state index contributed by atoms with van der Waals surface area (Å²) in [5.74, 6) is -0.134. The third kappa shape index (κ3) is 4.22. The molecule has 0 saturated carbocycles. The molecule has 2 heterocycles. The Morgan fingerprint density at radius 3 is 2.35 bits per heavy atom. The molecule has 0 aliphatic carbocycles. The van der Waals surface area contributed by atoms with E-state index in [1.807, 2.05) is 11.8 Å². The Morgan fingerprint density at radius 2 is 1.73 bits per heavy atom. The normalized spacial score (nSPS) is 20.0. The molecule has 3 rings (SSSR count). The van der Waals surface area contributed by atoms with Crippen LogP contribution in [0.5, 0.6) is 0 Å². The highest BCUT2D eigenvalue weighted by Gasteiger charge is 2.30. The summed E-state index contributed by atoms with van der Waals surface area (Å²) >= 11 is 0. The van der Waals surface area contributed by atoms with E-state index in [9.17, 15) is 18.0 Å². The second-order valence-electron chi connectivity index (χ2n) is 6.66. The van der Waals surface area contributed by atoms with E-state index in [0.717, 1.165) is 5.56 Å². The Kier molecular flexibility index (Phi) is 5.59. The van der Waals surface area contributed by atoms with Crippen molar-refractivity contribution in [3.05, 3.63) is 29.8 Å². The van der Waals surface area contributed by atoms with Crippen molar-refractivity contribution in [3.8, 4) is 0 Å². The highest BCUT2D eigenvalue weighted by Crippen LogP contribution is 2.18. The number of carbonyl (C=O) groups excluding carboxylic acids is 2. The number of amides is 2. The topological polar surface area (TPSA) is 90.0 Å². The van der Waals surface area contributed by atoms with Crippen LogP contribution in [0.1, 0.15) is 5.56 Å². The minimum atomic E-state index is -3.53. The molecule has 2 aliphatic rings. The molecule has 0 radical (unpaired) electrons. The van der Waals surface area contributed by atoms with Crippen LogP contribution in [0.15, 0.2) is 29.2 Å². The van der Waals surface area contributed by atoms with Crippen molar-refractivity contribution >= 4 is 21.8 Å². The minimum Gasteiger partial charge on any atom is -0.354 e. The smallest absolute Gasteiger partial charge is 0.243 e. The minimum absolute atomic E-state index is 0.0629. The summed E-state index contributed by atoms with van der Waals surface area (Å²) in [6.07, 6.45) is 0. The van der Waals surface area contributed by atoms with Crippen molar-refractivity contribution in [1.29, 1.82) is 0 Å². The molecule has 142 valence electrons. The molecular weight excluding hydrogens is 356 g/mol. The maximum atomic E-state index is 12.7. The first-order valence-corrected chi connectivity index (χ1v) is 10.1. The molecule has 0 spiro atoms. The number of hydrogen-bond acceptors (Lipinski definition) is 5. The average molecular weight is 380 g/mol.